The number of carbonyl (C=O) groups is 2. The summed E-state index contributed by atoms with van der Waals surface area (Å²) in [6, 6.07) is 3.80. The molecule has 10 heteroatoms. The molecular formula is C15H16O10. The van der Waals surface area contributed by atoms with Gasteiger partial charge in [-0.2, -0.15) is 0 Å². The van der Waals surface area contributed by atoms with E-state index in [1.165, 1.54) is 24.3 Å². The average molecular weight is 356 g/mol. The summed E-state index contributed by atoms with van der Waals surface area (Å²) in [6.45, 7) is 0. The van der Waals surface area contributed by atoms with Gasteiger partial charge in [-0.25, -0.2) is 9.59 Å². The van der Waals surface area contributed by atoms with Crippen LogP contribution in [0.5, 0.6) is 11.5 Å². The van der Waals surface area contributed by atoms with Gasteiger partial charge in [0, 0.05) is 6.08 Å². The Morgan fingerprint density at radius 1 is 1.08 bits per heavy atom. The molecule has 5 atom stereocenters. The molecule has 0 aromatic heterocycles. The number of hydrogen-bond donors (Lipinski definition) is 6. The van der Waals surface area contributed by atoms with Crippen molar-refractivity contribution in [1.82, 2.24) is 0 Å². The van der Waals surface area contributed by atoms with Gasteiger partial charge in [-0.05, 0) is 23.8 Å². The molecule has 2 rings (SSSR count). The first-order valence-corrected chi connectivity index (χ1v) is 7.04. The van der Waals surface area contributed by atoms with Crippen LogP contribution in [0.3, 0.4) is 0 Å². The topological polar surface area (TPSA) is 174 Å². The lowest BCUT2D eigenvalue weighted by molar-refractivity contribution is -0.271. The van der Waals surface area contributed by atoms with Crippen LogP contribution < -0.4 is 4.74 Å². The van der Waals surface area contributed by atoms with Gasteiger partial charge in [0.2, 0.25) is 6.29 Å². The van der Waals surface area contributed by atoms with Crippen LogP contribution in [0.4, 0.5) is 0 Å². The van der Waals surface area contributed by atoms with E-state index in [-0.39, 0.29) is 5.75 Å². The molecule has 0 bridgehead atoms. The zero-order valence-electron chi connectivity index (χ0n) is 12.6. The van der Waals surface area contributed by atoms with Crippen LogP contribution >= 0.6 is 0 Å². The summed E-state index contributed by atoms with van der Waals surface area (Å²) in [5, 5.41) is 56.5. The lowest BCUT2D eigenvalue weighted by atomic mass is 9.99. The minimum absolute atomic E-state index is 0.204. The Hall–Kier alpha value is -2.66. The fourth-order valence-electron chi connectivity index (χ4n) is 2.18. The van der Waals surface area contributed by atoms with Crippen LogP contribution in [-0.4, -0.2) is 73.3 Å². The molecule has 0 aliphatic carbocycles. The summed E-state index contributed by atoms with van der Waals surface area (Å²) < 4.78 is 10.1. The second-order valence-corrected chi connectivity index (χ2v) is 5.25. The van der Waals surface area contributed by atoms with Crippen molar-refractivity contribution in [3.05, 3.63) is 29.8 Å². The molecule has 0 amide bonds. The van der Waals surface area contributed by atoms with E-state index >= 15 is 0 Å². The van der Waals surface area contributed by atoms with Crippen LogP contribution in [0, 0.1) is 0 Å². The van der Waals surface area contributed by atoms with Crippen LogP contribution in [-0.2, 0) is 14.3 Å². The van der Waals surface area contributed by atoms with Crippen molar-refractivity contribution in [2.24, 2.45) is 0 Å². The number of aliphatic hydroxyl groups is 3. The van der Waals surface area contributed by atoms with E-state index in [2.05, 4.69) is 0 Å². The number of carboxylic acid groups (broad SMARTS) is 2. The molecule has 1 saturated heterocycles. The highest BCUT2D eigenvalue weighted by molar-refractivity contribution is 5.85. The van der Waals surface area contributed by atoms with E-state index in [0.717, 1.165) is 6.08 Å². The molecule has 10 nitrogen and oxygen atoms in total. The molecule has 0 saturated carbocycles. The smallest absolute Gasteiger partial charge is 0.335 e. The zero-order valence-corrected chi connectivity index (χ0v) is 12.6. The van der Waals surface area contributed by atoms with Crippen molar-refractivity contribution >= 4 is 18.0 Å². The highest BCUT2D eigenvalue weighted by atomic mass is 16.7. The molecule has 1 fully saturated rings. The van der Waals surface area contributed by atoms with E-state index < -0.39 is 48.4 Å². The second-order valence-electron chi connectivity index (χ2n) is 5.25. The molecule has 0 spiro atoms. The molecular weight excluding hydrogens is 340 g/mol. The van der Waals surface area contributed by atoms with Gasteiger partial charge in [0.1, 0.15) is 18.3 Å². The summed E-state index contributed by atoms with van der Waals surface area (Å²) in [5.41, 5.74) is 0.344. The Bertz CT molecular complexity index is 685. The quantitative estimate of drug-likeness (QED) is 0.350. The Kier molecular flexibility index (Phi) is 5.59. The van der Waals surface area contributed by atoms with Crippen molar-refractivity contribution in [1.29, 1.82) is 0 Å². The molecule has 1 aromatic carbocycles. The van der Waals surface area contributed by atoms with Crippen molar-refractivity contribution in [2.45, 2.75) is 30.7 Å². The Balaban J connectivity index is 2.17. The molecule has 1 aliphatic heterocycles. The Morgan fingerprint density at radius 2 is 1.76 bits per heavy atom. The van der Waals surface area contributed by atoms with E-state index in [1.54, 1.807) is 0 Å². The zero-order chi connectivity index (χ0) is 18.7. The molecule has 1 aliphatic rings. The van der Waals surface area contributed by atoms with E-state index in [9.17, 15) is 30.0 Å². The maximum absolute atomic E-state index is 11.0. The van der Waals surface area contributed by atoms with Gasteiger partial charge < -0.3 is 40.1 Å². The van der Waals surface area contributed by atoms with Crippen LogP contribution in [0.1, 0.15) is 5.56 Å². The average Bonchev–Trinajstić information content (AvgIpc) is 2.54. The number of aliphatic carboxylic acids is 2. The number of phenols is 1. The molecule has 136 valence electrons. The highest BCUT2D eigenvalue weighted by Gasteiger charge is 2.48. The van der Waals surface area contributed by atoms with Crippen LogP contribution in [0.2, 0.25) is 0 Å². The first-order chi connectivity index (χ1) is 11.7. The van der Waals surface area contributed by atoms with Gasteiger partial charge in [-0.15, -0.1) is 0 Å². The number of carboxylic acids is 2. The maximum Gasteiger partial charge on any atom is 0.335 e. The molecule has 1 unspecified atom stereocenters. The van der Waals surface area contributed by atoms with Gasteiger partial charge in [0.25, 0.3) is 0 Å². The lowest BCUT2D eigenvalue weighted by Gasteiger charge is -2.38. The largest absolute Gasteiger partial charge is 0.504 e. The third-order valence-corrected chi connectivity index (χ3v) is 3.46. The van der Waals surface area contributed by atoms with Gasteiger partial charge >= 0.3 is 11.9 Å². The van der Waals surface area contributed by atoms with E-state index in [0.29, 0.717) is 5.56 Å². The van der Waals surface area contributed by atoms with Gasteiger partial charge in [0.15, 0.2) is 17.6 Å². The predicted octanol–water partition coefficient (Wildman–Crippen LogP) is -1.24. The fourth-order valence-corrected chi connectivity index (χ4v) is 2.18. The molecule has 25 heavy (non-hydrogen) atoms. The number of aromatic hydroxyl groups is 1. The maximum atomic E-state index is 11.0. The van der Waals surface area contributed by atoms with Crippen LogP contribution in [0.25, 0.3) is 6.08 Å². The monoisotopic (exact) mass is 356 g/mol. The standard InChI is InChI=1S/C15H16O10/c16-7-5-6(2-4-9(17)18)1-3-8(7)24-15-12(21)10(19)11(20)13(25-15)14(22)23/h1-5,10-13,15-16,19-21H,(H,17,18)(H,22,23)/t10-,11-,12+,13-,15?/m0/s1. The summed E-state index contributed by atoms with van der Waals surface area (Å²) in [7, 11) is 0. The summed E-state index contributed by atoms with van der Waals surface area (Å²) >= 11 is 0. The third-order valence-electron chi connectivity index (χ3n) is 3.46. The summed E-state index contributed by atoms with van der Waals surface area (Å²) in [4.78, 5) is 21.5. The Morgan fingerprint density at radius 3 is 2.32 bits per heavy atom. The van der Waals surface area contributed by atoms with Gasteiger partial charge in [0.05, 0.1) is 0 Å². The van der Waals surface area contributed by atoms with Crippen molar-refractivity contribution < 1.29 is 49.7 Å². The van der Waals surface area contributed by atoms with Crippen LogP contribution in [0.15, 0.2) is 24.3 Å². The van der Waals surface area contributed by atoms with E-state index in [1.807, 2.05) is 0 Å². The molecule has 1 heterocycles. The first-order valence-electron chi connectivity index (χ1n) is 7.04. The second kappa shape index (κ2) is 7.49. The number of benzene rings is 1. The van der Waals surface area contributed by atoms with Crippen molar-refractivity contribution in [3.8, 4) is 11.5 Å². The molecule has 1 aromatic rings. The van der Waals surface area contributed by atoms with Gasteiger partial charge in [-0.3, -0.25) is 0 Å². The minimum atomic E-state index is -1.86. The minimum Gasteiger partial charge on any atom is -0.504 e. The first kappa shape index (κ1) is 18.7. The fraction of sp³-hybridized carbons (Fsp3) is 0.333. The number of phenolic OH excluding ortho intramolecular Hbond substituents is 1. The van der Waals surface area contributed by atoms with Crippen molar-refractivity contribution in [2.75, 3.05) is 0 Å². The van der Waals surface area contributed by atoms with E-state index in [4.69, 9.17) is 19.7 Å². The SMILES string of the molecule is O=C(O)C=Cc1ccc(OC2O[C@H](C(=O)O)[C@@H](O)[C@H](O)[C@H]2O)c(O)c1. The number of rotatable bonds is 5. The number of hydrogen-bond acceptors (Lipinski definition) is 8. The summed E-state index contributed by atoms with van der Waals surface area (Å²) in [5.74, 6) is -3.38. The summed E-state index contributed by atoms with van der Waals surface area (Å²) in [6.07, 6.45) is -6.87. The van der Waals surface area contributed by atoms with Gasteiger partial charge in [-0.1, -0.05) is 6.07 Å². The van der Waals surface area contributed by atoms with Crippen molar-refractivity contribution in [3.63, 3.8) is 0 Å². The highest BCUT2D eigenvalue weighted by Crippen LogP contribution is 2.31. The lowest BCUT2D eigenvalue weighted by Crippen LogP contribution is -2.61. The number of aliphatic hydroxyl groups excluding tert-OH is 3. The molecule has 0 radical (unpaired) electrons. The number of ether oxygens (including phenoxy) is 2. The molecule has 6 N–H and O–H groups in total. The third kappa shape index (κ3) is 4.25. The predicted molar refractivity (Wildman–Crippen MR) is 79.7 cm³/mol. The normalized spacial score (nSPS) is 29.5. The Labute approximate surface area is 140 Å².